The molecule has 0 unspecified atom stereocenters. The highest BCUT2D eigenvalue weighted by Gasteiger charge is 2.05. The van der Waals surface area contributed by atoms with E-state index < -0.39 is 17.8 Å². The SMILES string of the molecule is [CH2+]C(=O)OCCC(=O)NC(C)=O. The summed E-state index contributed by atoms with van der Waals surface area (Å²) in [6.45, 7) is 4.11. The van der Waals surface area contributed by atoms with Crippen LogP contribution >= 0.6 is 0 Å². The van der Waals surface area contributed by atoms with Crippen molar-refractivity contribution >= 4 is 17.8 Å². The van der Waals surface area contributed by atoms with Crippen molar-refractivity contribution in [2.45, 2.75) is 13.3 Å². The van der Waals surface area contributed by atoms with Gasteiger partial charge in [0.05, 0.1) is 6.42 Å². The molecule has 2 amide bonds. The maximum Gasteiger partial charge on any atom is 0.493 e. The third-order valence-corrected chi connectivity index (χ3v) is 0.908. The van der Waals surface area contributed by atoms with Gasteiger partial charge in [-0.25, -0.2) is 0 Å². The number of carbonyl (C=O) groups excluding carboxylic acids is 3. The van der Waals surface area contributed by atoms with Crippen molar-refractivity contribution in [3.05, 3.63) is 6.92 Å². The number of hydrogen-bond acceptors (Lipinski definition) is 4. The second kappa shape index (κ2) is 5.17. The molecule has 0 fully saturated rings. The van der Waals surface area contributed by atoms with Crippen molar-refractivity contribution in [2.75, 3.05) is 6.61 Å². The zero-order valence-corrected chi connectivity index (χ0v) is 6.75. The molecule has 0 aromatic heterocycles. The second-order valence-electron chi connectivity index (χ2n) is 2.07. The minimum absolute atomic E-state index is 0.0269. The van der Waals surface area contributed by atoms with E-state index in [-0.39, 0.29) is 13.0 Å². The molecule has 0 spiro atoms. The summed E-state index contributed by atoms with van der Waals surface area (Å²) in [6, 6.07) is 0. The molecule has 5 heteroatoms. The van der Waals surface area contributed by atoms with Gasteiger partial charge in [0.2, 0.25) is 11.8 Å². The number of hydrogen-bond donors (Lipinski definition) is 1. The van der Waals surface area contributed by atoms with Gasteiger partial charge in [0.15, 0.2) is 6.92 Å². The summed E-state index contributed by atoms with van der Waals surface area (Å²) in [6.07, 6.45) is -0.0269. The fourth-order valence-corrected chi connectivity index (χ4v) is 0.516. The summed E-state index contributed by atoms with van der Waals surface area (Å²) >= 11 is 0. The van der Waals surface area contributed by atoms with Crippen LogP contribution in [-0.4, -0.2) is 24.4 Å². The van der Waals surface area contributed by atoms with Crippen LogP contribution in [-0.2, 0) is 19.1 Å². The van der Waals surface area contributed by atoms with E-state index >= 15 is 0 Å². The molecule has 1 N–H and O–H groups in total. The van der Waals surface area contributed by atoms with E-state index in [1.807, 2.05) is 5.32 Å². The minimum Gasteiger partial charge on any atom is -0.429 e. The average Bonchev–Trinajstić information content (AvgIpc) is 1.84. The maximum absolute atomic E-state index is 10.7. The predicted molar refractivity (Wildman–Crippen MR) is 39.8 cm³/mol. The number of rotatable bonds is 3. The molecule has 0 heterocycles. The summed E-state index contributed by atoms with van der Waals surface area (Å²) in [5.41, 5.74) is 0. The fourth-order valence-electron chi connectivity index (χ4n) is 0.516. The van der Waals surface area contributed by atoms with Crippen molar-refractivity contribution < 1.29 is 19.1 Å². The van der Waals surface area contributed by atoms with Crippen molar-refractivity contribution in [3.8, 4) is 0 Å². The minimum atomic E-state index is -0.689. The van der Waals surface area contributed by atoms with Crippen LogP contribution in [0.1, 0.15) is 13.3 Å². The molecule has 0 aliphatic heterocycles. The number of esters is 1. The molecule has 0 saturated carbocycles. The quantitative estimate of drug-likeness (QED) is 0.456. The van der Waals surface area contributed by atoms with Gasteiger partial charge in [0.25, 0.3) is 0 Å². The number of nitrogens with one attached hydrogen (secondary N) is 1. The van der Waals surface area contributed by atoms with Crippen molar-refractivity contribution in [3.63, 3.8) is 0 Å². The van der Waals surface area contributed by atoms with E-state index in [9.17, 15) is 14.4 Å². The van der Waals surface area contributed by atoms with Gasteiger partial charge < -0.3 is 4.74 Å². The molecule has 0 radical (unpaired) electrons. The lowest BCUT2D eigenvalue weighted by molar-refractivity contribution is -0.139. The topological polar surface area (TPSA) is 72.5 Å². The summed E-state index contributed by atoms with van der Waals surface area (Å²) in [7, 11) is 0. The molecule has 66 valence electrons. The summed E-state index contributed by atoms with van der Waals surface area (Å²) in [5.74, 6) is -1.59. The third-order valence-electron chi connectivity index (χ3n) is 0.908. The lowest BCUT2D eigenvalue weighted by Gasteiger charge is -1.98. The molecule has 0 atom stereocenters. The van der Waals surface area contributed by atoms with Crippen molar-refractivity contribution in [2.24, 2.45) is 0 Å². The van der Waals surface area contributed by atoms with E-state index in [2.05, 4.69) is 11.7 Å². The van der Waals surface area contributed by atoms with Crippen molar-refractivity contribution in [1.29, 1.82) is 0 Å². The molecule has 0 rings (SSSR count). The predicted octanol–water partition coefficient (Wildman–Crippen LogP) is -0.584. The van der Waals surface area contributed by atoms with Crippen LogP contribution in [0.15, 0.2) is 0 Å². The first-order chi connectivity index (χ1) is 5.52. The van der Waals surface area contributed by atoms with Crippen molar-refractivity contribution in [1.82, 2.24) is 5.32 Å². The lowest BCUT2D eigenvalue weighted by atomic mass is 10.4. The number of ether oxygens (including phenoxy) is 1. The van der Waals surface area contributed by atoms with Gasteiger partial charge in [-0.05, 0) is 0 Å². The van der Waals surface area contributed by atoms with E-state index in [0.717, 1.165) is 0 Å². The van der Waals surface area contributed by atoms with Crippen LogP contribution in [0.4, 0.5) is 0 Å². The number of imide groups is 1. The molecular weight excluding hydrogens is 162 g/mol. The highest BCUT2D eigenvalue weighted by atomic mass is 16.5. The Morgan fingerprint density at radius 3 is 2.42 bits per heavy atom. The largest absolute Gasteiger partial charge is 0.493 e. The van der Waals surface area contributed by atoms with Crippen LogP contribution in [0.3, 0.4) is 0 Å². The molecular formula is C7H10NO4+. The Hall–Kier alpha value is -1.52. The Balaban J connectivity index is 3.44. The molecule has 12 heavy (non-hydrogen) atoms. The normalized spacial score (nSPS) is 8.75. The number of amides is 2. The molecule has 0 aromatic rings. The molecule has 0 saturated heterocycles. The Kier molecular flexibility index (Phi) is 4.52. The Labute approximate surface area is 70.1 Å². The molecule has 0 aliphatic carbocycles. The summed E-state index contributed by atoms with van der Waals surface area (Å²) in [5, 5.41) is 2.03. The summed E-state index contributed by atoms with van der Waals surface area (Å²) in [4.78, 5) is 31.1. The molecule has 0 aliphatic rings. The van der Waals surface area contributed by atoms with E-state index in [4.69, 9.17) is 0 Å². The smallest absolute Gasteiger partial charge is 0.429 e. The first-order valence-electron chi connectivity index (χ1n) is 3.31. The first-order valence-corrected chi connectivity index (χ1v) is 3.31. The van der Waals surface area contributed by atoms with Gasteiger partial charge in [-0.2, -0.15) is 4.79 Å². The number of carbonyl (C=O) groups is 3. The zero-order valence-electron chi connectivity index (χ0n) is 6.75. The van der Waals surface area contributed by atoms with Gasteiger partial charge in [-0.3, -0.25) is 14.9 Å². The highest BCUT2D eigenvalue weighted by molar-refractivity contribution is 5.94. The fraction of sp³-hybridized carbons (Fsp3) is 0.429. The van der Waals surface area contributed by atoms with Gasteiger partial charge in [-0.1, -0.05) is 0 Å². The van der Waals surface area contributed by atoms with E-state index in [1.54, 1.807) is 0 Å². The highest BCUT2D eigenvalue weighted by Crippen LogP contribution is 1.83. The Morgan fingerprint density at radius 1 is 1.42 bits per heavy atom. The Bertz CT molecular complexity index is 200. The van der Waals surface area contributed by atoms with E-state index in [1.165, 1.54) is 6.92 Å². The van der Waals surface area contributed by atoms with E-state index in [0.29, 0.717) is 0 Å². The van der Waals surface area contributed by atoms with Crippen LogP contribution in [0.5, 0.6) is 0 Å². The van der Waals surface area contributed by atoms with Crippen LogP contribution in [0, 0.1) is 6.92 Å². The van der Waals surface area contributed by atoms with Gasteiger partial charge in [0, 0.05) is 6.92 Å². The van der Waals surface area contributed by atoms with Crippen LogP contribution < -0.4 is 5.32 Å². The van der Waals surface area contributed by atoms with Gasteiger partial charge in [0.1, 0.15) is 6.61 Å². The maximum atomic E-state index is 10.7. The molecule has 5 nitrogen and oxygen atoms in total. The summed E-state index contributed by atoms with van der Waals surface area (Å²) < 4.78 is 4.37. The molecule has 0 aromatic carbocycles. The monoisotopic (exact) mass is 172 g/mol. The average molecular weight is 172 g/mol. The van der Waals surface area contributed by atoms with Crippen LogP contribution in [0.2, 0.25) is 0 Å². The Morgan fingerprint density at radius 2 is 2.00 bits per heavy atom. The van der Waals surface area contributed by atoms with Gasteiger partial charge in [-0.15, -0.1) is 0 Å². The second-order valence-corrected chi connectivity index (χ2v) is 2.07. The standard InChI is InChI=1S/C7H9NO4/c1-5(9)8-7(11)3-4-12-6(2)10/h2-4H2,1H3/p+1. The van der Waals surface area contributed by atoms with Crippen LogP contribution in [0.25, 0.3) is 0 Å². The zero-order chi connectivity index (χ0) is 9.56. The first kappa shape index (κ1) is 10.5. The lowest BCUT2D eigenvalue weighted by Crippen LogP contribution is -2.28. The van der Waals surface area contributed by atoms with Gasteiger partial charge >= 0.3 is 5.97 Å². The molecule has 0 bridgehead atoms. The third kappa shape index (κ3) is 6.60.